The second-order valence-corrected chi connectivity index (χ2v) is 9.55. The predicted octanol–water partition coefficient (Wildman–Crippen LogP) is 6.09. The lowest BCUT2D eigenvalue weighted by molar-refractivity contribution is -0.136. The molecule has 2 N–H and O–H groups in total. The van der Waals surface area contributed by atoms with Crippen molar-refractivity contribution in [2.24, 2.45) is 5.73 Å². The van der Waals surface area contributed by atoms with Gasteiger partial charge < -0.3 is 24.7 Å². The second-order valence-electron chi connectivity index (χ2n) is 9.55. The molecule has 0 aromatic heterocycles. The van der Waals surface area contributed by atoms with E-state index in [-0.39, 0.29) is 18.2 Å². The van der Waals surface area contributed by atoms with Gasteiger partial charge in [-0.25, -0.2) is 4.79 Å². The third-order valence-electron chi connectivity index (χ3n) is 6.49. The average Bonchev–Trinajstić information content (AvgIpc) is 2.95. The van der Waals surface area contributed by atoms with Crippen LogP contribution >= 0.6 is 0 Å². The Morgan fingerprint density at radius 2 is 1.62 bits per heavy atom. The highest BCUT2D eigenvalue weighted by Gasteiger charge is 2.31. The molecule has 1 aliphatic rings. The van der Waals surface area contributed by atoms with Gasteiger partial charge in [0, 0.05) is 11.6 Å². The molecule has 0 amide bonds. The molecule has 7 nitrogen and oxygen atoms in total. The number of nitrogens with zero attached hydrogens (tertiary/aromatic N) is 1. The van der Waals surface area contributed by atoms with Crippen molar-refractivity contribution >= 4 is 5.97 Å². The summed E-state index contributed by atoms with van der Waals surface area (Å²) in [4.78, 5) is 12.4. The van der Waals surface area contributed by atoms with E-state index < -0.39 is 11.9 Å². The van der Waals surface area contributed by atoms with Crippen molar-refractivity contribution in [1.29, 1.82) is 5.26 Å². The van der Waals surface area contributed by atoms with Crippen molar-refractivity contribution in [1.82, 2.24) is 0 Å². The predicted molar refractivity (Wildman–Crippen MR) is 150 cm³/mol. The zero-order chi connectivity index (χ0) is 28.1. The summed E-state index contributed by atoms with van der Waals surface area (Å²) in [6.45, 7) is 4.15. The highest BCUT2D eigenvalue weighted by molar-refractivity contribution is 5.74. The smallest absolute Gasteiger partial charge is 0.349 e. The summed E-state index contributed by atoms with van der Waals surface area (Å²) in [5.41, 5.74) is 11.3. The summed E-state index contributed by atoms with van der Waals surface area (Å²) in [6, 6.07) is 30.3. The van der Waals surface area contributed by atoms with Crippen LogP contribution in [0.3, 0.4) is 0 Å². The summed E-state index contributed by atoms with van der Waals surface area (Å²) in [5.74, 6) is 0.884. The Morgan fingerprint density at radius 1 is 0.875 bits per heavy atom. The maximum absolute atomic E-state index is 12.4. The van der Waals surface area contributed by atoms with Gasteiger partial charge in [0.2, 0.25) is 5.88 Å². The van der Waals surface area contributed by atoms with Crippen molar-refractivity contribution in [3.8, 4) is 29.1 Å². The number of aryl methyl sites for hydroxylation is 2. The van der Waals surface area contributed by atoms with Crippen LogP contribution in [0, 0.1) is 25.2 Å². The molecule has 0 radical (unpaired) electrons. The van der Waals surface area contributed by atoms with Gasteiger partial charge in [0.05, 0.1) is 5.92 Å². The molecule has 4 aromatic rings. The average molecular weight is 533 g/mol. The van der Waals surface area contributed by atoms with E-state index in [1.807, 2.05) is 80.6 Å². The number of carbonyl (C=O) groups is 1. The normalized spacial score (nSPS) is 14.0. The van der Waals surface area contributed by atoms with E-state index in [1.165, 1.54) is 5.56 Å². The van der Waals surface area contributed by atoms with Crippen LogP contribution in [0.1, 0.15) is 33.7 Å². The van der Waals surface area contributed by atoms with Crippen molar-refractivity contribution in [3.63, 3.8) is 0 Å². The van der Waals surface area contributed by atoms with Gasteiger partial charge in [0.1, 0.15) is 41.2 Å². The number of nitriles is 1. The number of carbonyl (C=O) groups excluding carboxylic acids is 1. The number of esters is 1. The highest BCUT2D eigenvalue weighted by Crippen LogP contribution is 2.44. The third kappa shape index (κ3) is 6.08. The van der Waals surface area contributed by atoms with Crippen molar-refractivity contribution in [3.05, 3.63) is 130 Å². The number of fused-ring (bicyclic) bond motifs is 1. The minimum Gasteiger partial charge on any atom is -0.489 e. The SMILES string of the molecule is Cc1ccc(COc2cccc(C3C(C#N)=C(N)Oc4cc(OC(=O)COc5cccc(C)c5)ccc43)c2)cc1. The number of hydrogen-bond donors (Lipinski definition) is 1. The Morgan fingerprint density at radius 3 is 2.38 bits per heavy atom. The zero-order valence-corrected chi connectivity index (χ0v) is 22.2. The first-order valence-corrected chi connectivity index (χ1v) is 12.8. The minimum absolute atomic E-state index is 0.00256. The summed E-state index contributed by atoms with van der Waals surface area (Å²) in [7, 11) is 0. The van der Waals surface area contributed by atoms with E-state index in [4.69, 9.17) is 24.7 Å². The number of allylic oxidation sites excluding steroid dienone is 1. The van der Waals surface area contributed by atoms with Crippen LogP contribution < -0.4 is 24.7 Å². The molecule has 0 saturated carbocycles. The molecule has 0 aliphatic carbocycles. The van der Waals surface area contributed by atoms with Gasteiger partial charge in [-0.15, -0.1) is 0 Å². The Hall–Kier alpha value is -5.22. The number of benzene rings is 4. The van der Waals surface area contributed by atoms with E-state index >= 15 is 0 Å². The van der Waals surface area contributed by atoms with Crippen LogP contribution in [-0.4, -0.2) is 12.6 Å². The fraction of sp³-hybridized carbons (Fsp3) is 0.152. The molecule has 1 heterocycles. The maximum atomic E-state index is 12.4. The summed E-state index contributed by atoms with van der Waals surface area (Å²) >= 11 is 0. The quantitative estimate of drug-likeness (QED) is 0.216. The molecule has 0 spiro atoms. The first-order chi connectivity index (χ1) is 19.4. The van der Waals surface area contributed by atoms with E-state index in [2.05, 4.69) is 6.07 Å². The largest absolute Gasteiger partial charge is 0.489 e. The van der Waals surface area contributed by atoms with E-state index in [1.54, 1.807) is 24.3 Å². The number of nitrogens with two attached hydrogens (primary N) is 1. The standard InChI is InChI=1S/C33H28N2O5/c1-21-9-11-23(12-10-21)19-37-26-8-4-6-24(16-26)32-28-14-13-27(17-30(28)40-33(35)29(32)18-34)39-31(36)20-38-25-7-3-5-22(2)15-25/h3-17,32H,19-20,35H2,1-2H3. The summed E-state index contributed by atoms with van der Waals surface area (Å²) < 4.78 is 22.8. The van der Waals surface area contributed by atoms with Crippen molar-refractivity contribution in [2.45, 2.75) is 26.4 Å². The van der Waals surface area contributed by atoms with Gasteiger partial charge in [-0.05, 0) is 60.9 Å². The highest BCUT2D eigenvalue weighted by atomic mass is 16.6. The van der Waals surface area contributed by atoms with Gasteiger partial charge in [-0.1, -0.05) is 60.2 Å². The Labute approximate surface area is 233 Å². The first kappa shape index (κ1) is 26.4. The van der Waals surface area contributed by atoms with Gasteiger partial charge in [-0.3, -0.25) is 0 Å². The molecule has 0 fully saturated rings. The molecule has 1 unspecified atom stereocenters. The second kappa shape index (κ2) is 11.7. The monoisotopic (exact) mass is 532 g/mol. The third-order valence-corrected chi connectivity index (χ3v) is 6.49. The van der Waals surface area contributed by atoms with Crippen LogP contribution in [-0.2, 0) is 11.4 Å². The Bertz CT molecular complexity index is 1620. The van der Waals surface area contributed by atoms with Gasteiger partial charge >= 0.3 is 5.97 Å². The molecule has 7 heteroatoms. The zero-order valence-electron chi connectivity index (χ0n) is 22.2. The topological polar surface area (TPSA) is 104 Å². The molecule has 40 heavy (non-hydrogen) atoms. The van der Waals surface area contributed by atoms with Crippen molar-refractivity contribution < 1.29 is 23.7 Å². The maximum Gasteiger partial charge on any atom is 0.349 e. The Balaban J connectivity index is 1.33. The van der Waals surface area contributed by atoms with Gasteiger partial charge in [0.25, 0.3) is 0 Å². The van der Waals surface area contributed by atoms with E-state index in [0.29, 0.717) is 29.4 Å². The van der Waals surface area contributed by atoms with Crippen LogP contribution in [0.5, 0.6) is 23.0 Å². The lowest BCUT2D eigenvalue weighted by Crippen LogP contribution is -2.21. The summed E-state index contributed by atoms with van der Waals surface area (Å²) in [6.07, 6.45) is 0. The number of hydrogen-bond acceptors (Lipinski definition) is 7. The van der Waals surface area contributed by atoms with Crippen LogP contribution in [0.25, 0.3) is 0 Å². The molecule has 4 aromatic carbocycles. The minimum atomic E-state index is -0.562. The first-order valence-electron chi connectivity index (χ1n) is 12.8. The summed E-state index contributed by atoms with van der Waals surface area (Å²) in [5, 5.41) is 9.92. The molecule has 0 bridgehead atoms. The molecular formula is C33H28N2O5. The fourth-order valence-corrected chi connectivity index (χ4v) is 4.49. The van der Waals surface area contributed by atoms with Gasteiger partial charge in [-0.2, -0.15) is 5.26 Å². The molecule has 1 atom stereocenters. The van der Waals surface area contributed by atoms with Crippen LogP contribution in [0.2, 0.25) is 0 Å². The lowest BCUT2D eigenvalue weighted by Gasteiger charge is -2.27. The number of rotatable bonds is 8. The van der Waals surface area contributed by atoms with Crippen LogP contribution in [0.4, 0.5) is 0 Å². The van der Waals surface area contributed by atoms with Crippen molar-refractivity contribution in [2.75, 3.05) is 6.61 Å². The molecular weight excluding hydrogens is 504 g/mol. The molecule has 200 valence electrons. The molecule has 0 saturated heterocycles. The molecule has 5 rings (SSSR count). The number of ether oxygens (including phenoxy) is 4. The lowest BCUT2D eigenvalue weighted by atomic mass is 9.83. The van der Waals surface area contributed by atoms with E-state index in [9.17, 15) is 10.1 Å². The van der Waals surface area contributed by atoms with Crippen LogP contribution in [0.15, 0.2) is 102 Å². The van der Waals surface area contributed by atoms with Gasteiger partial charge in [0.15, 0.2) is 6.61 Å². The van der Waals surface area contributed by atoms with E-state index in [0.717, 1.165) is 22.3 Å². The molecule has 1 aliphatic heterocycles. The Kier molecular flexibility index (Phi) is 7.70. The fourth-order valence-electron chi connectivity index (χ4n) is 4.49.